The van der Waals surface area contributed by atoms with Crippen LogP contribution in [0.4, 0.5) is 0 Å². The van der Waals surface area contributed by atoms with Crippen molar-refractivity contribution in [2.45, 2.75) is 26.8 Å². The largest absolute Gasteiger partial charge is 0.395 e. The molecule has 0 aromatic carbocycles. The first-order valence-electron chi connectivity index (χ1n) is 5.49. The number of nitrogens with zero attached hydrogens (tertiary/aromatic N) is 3. The second-order valence-corrected chi connectivity index (χ2v) is 4.14. The molecule has 1 heterocycles. The summed E-state index contributed by atoms with van der Waals surface area (Å²) in [6.45, 7) is 6.36. The van der Waals surface area contributed by atoms with E-state index in [9.17, 15) is 0 Å². The van der Waals surface area contributed by atoms with Gasteiger partial charge in [0.05, 0.1) is 13.2 Å². The normalized spacial score (nSPS) is 11.1. The van der Waals surface area contributed by atoms with Gasteiger partial charge >= 0.3 is 0 Å². The van der Waals surface area contributed by atoms with Gasteiger partial charge in [0, 0.05) is 12.2 Å². The Kier molecular flexibility index (Phi) is 5.66. The quantitative estimate of drug-likeness (QED) is 0.772. The molecule has 0 saturated carbocycles. The minimum atomic E-state index is 0.152. The maximum Gasteiger partial charge on any atom is 0.144 e. The summed E-state index contributed by atoms with van der Waals surface area (Å²) >= 11 is 5.87. The van der Waals surface area contributed by atoms with Crippen molar-refractivity contribution in [2.24, 2.45) is 0 Å². The first-order chi connectivity index (χ1) is 7.65. The summed E-state index contributed by atoms with van der Waals surface area (Å²) in [5.41, 5.74) is 0.871. The molecule has 0 spiro atoms. The van der Waals surface area contributed by atoms with Gasteiger partial charge in [-0.3, -0.25) is 4.90 Å². The van der Waals surface area contributed by atoms with Crippen LogP contribution in [0.25, 0.3) is 0 Å². The van der Waals surface area contributed by atoms with Crippen LogP contribution in [0.5, 0.6) is 0 Å². The molecule has 0 amide bonds. The van der Waals surface area contributed by atoms with E-state index in [1.807, 2.05) is 6.92 Å². The maximum absolute atomic E-state index is 8.94. The fraction of sp³-hybridized carbons (Fsp3) is 0.636. The van der Waals surface area contributed by atoms with Crippen LogP contribution >= 0.6 is 11.6 Å². The first kappa shape index (κ1) is 13.4. The minimum Gasteiger partial charge on any atom is -0.395 e. The molecule has 90 valence electrons. The Morgan fingerprint density at radius 2 is 2.12 bits per heavy atom. The second kappa shape index (κ2) is 6.78. The highest BCUT2D eigenvalue weighted by Gasteiger charge is 2.07. The van der Waals surface area contributed by atoms with Crippen molar-refractivity contribution in [3.05, 3.63) is 22.7 Å². The van der Waals surface area contributed by atoms with Crippen molar-refractivity contribution in [1.82, 2.24) is 14.9 Å². The molecule has 0 unspecified atom stereocenters. The van der Waals surface area contributed by atoms with Gasteiger partial charge in [-0.2, -0.15) is 0 Å². The van der Waals surface area contributed by atoms with Crippen molar-refractivity contribution < 1.29 is 5.11 Å². The van der Waals surface area contributed by atoms with Crippen LogP contribution in [0, 0.1) is 6.92 Å². The van der Waals surface area contributed by atoms with Crippen molar-refractivity contribution in [2.75, 3.05) is 19.7 Å². The molecular formula is C11H18ClN3O. The lowest BCUT2D eigenvalue weighted by molar-refractivity contribution is 0.187. The van der Waals surface area contributed by atoms with Crippen LogP contribution in [-0.4, -0.2) is 39.7 Å². The lowest BCUT2D eigenvalue weighted by Crippen LogP contribution is -2.28. The van der Waals surface area contributed by atoms with Gasteiger partial charge in [-0.1, -0.05) is 18.5 Å². The molecule has 1 aromatic heterocycles. The van der Waals surface area contributed by atoms with E-state index in [1.54, 1.807) is 6.07 Å². The molecule has 0 aliphatic heterocycles. The van der Waals surface area contributed by atoms with E-state index in [2.05, 4.69) is 21.8 Å². The number of hydrogen-bond acceptors (Lipinski definition) is 4. The zero-order valence-corrected chi connectivity index (χ0v) is 10.5. The number of halogens is 1. The van der Waals surface area contributed by atoms with Gasteiger partial charge < -0.3 is 5.11 Å². The van der Waals surface area contributed by atoms with Crippen LogP contribution in [0.1, 0.15) is 24.9 Å². The summed E-state index contributed by atoms with van der Waals surface area (Å²) < 4.78 is 0. The summed E-state index contributed by atoms with van der Waals surface area (Å²) in [4.78, 5) is 10.6. The smallest absolute Gasteiger partial charge is 0.144 e. The number of aromatic nitrogens is 2. The zero-order valence-electron chi connectivity index (χ0n) is 9.78. The van der Waals surface area contributed by atoms with E-state index in [1.165, 1.54) is 0 Å². The molecule has 0 fully saturated rings. The molecule has 5 heteroatoms. The summed E-state index contributed by atoms with van der Waals surface area (Å²) in [7, 11) is 0. The first-order valence-corrected chi connectivity index (χ1v) is 5.86. The predicted octanol–water partition coefficient (Wildman–Crippen LogP) is 1.64. The van der Waals surface area contributed by atoms with Gasteiger partial charge in [0.25, 0.3) is 0 Å². The van der Waals surface area contributed by atoms with E-state index < -0.39 is 0 Å². The van der Waals surface area contributed by atoms with Crippen molar-refractivity contribution in [3.63, 3.8) is 0 Å². The van der Waals surface area contributed by atoms with Gasteiger partial charge in [0.2, 0.25) is 0 Å². The Morgan fingerprint density at radius 1 is 1.38 bits per heavy atom. The Labute approximate surface area is 101 Å². The third kappa shape index (κ3) is 4.43. The molecule has 0 aliphatic carbocycles. The lowest BCUT2D eigenvalue weighted by Gasteiger charge is -2.19. The predicted molar refractivity (Wildman–Crippen MR) is 64.4 cm³/mol. The fourth-order valence-electron chi connectivity index (χ4n) is 1.59. The average Bonchev–Trinajstić information content (AvgIpc) is 2.16. The molecule has 4 nitrogen and oxygen atoms in total. The molecule has 1 N–H and O–H groups in total. The fourth-order valence-corrected chi connectivity index (χ4v) is 1.84. The number of hydrogen-bond donors (Lipinski definition) is 1. The highest BCUT2D eigenvalue weighted by Crippen LogP contribution is 2.08. The molecule has 0 saturated heterocycles. The monoisotopic (exact) mass is 243 g/mol. The molecule has 0 bridgehead atoms. The Morgan fingerprint density at radius 3 is 2.69 bits per heavy atom. The SMILES string of the molecule is CCCN(CCO)Cc1nc(C)cc(Cl)n1. The van der Waals surface area contributed by atoms with Crippen LogP contribution in [0.2, 0.25) is 5.15 Å². The summed E-state index contributed by atoms with van der Waals surface area (Å²) in [5.74, 6) is 0.715. The summed E-state index contributed by atoms with van der Waals surface area (Å²) in [6.07, 6.45) is 1.04. The number of aryl methyl sites for hydroxylation is 1. The zero-order chi connectivity index (χ0) is 12.0. The summed E-state index contributed by atoms with van der Waals surface area (Å²) in [6, 6.07) is 1.74. The van der Waals surface area contributed by atoms with E-state index in [4.69, 9.17) is 16.7 Å². The van der Waals surface area contributed by atoms with E-state index in [-0.39, 0.29) is 6.61 Å². The average molecular weight is 244 g/mol. The number of aliphatic hydroxyl groups is 1. The standard InChI is InChI=1S/C11H18ClN3O/c1-3-4-15(5-6-16)8-11-13-9(2)7-10(12)14-11/h7,16H,3-6,8H2,1-2H3. The molecule has 0 atom stereocenters. The van der Waals surface area contributed by atoms with Gasteiger partial charge in [0.1, 0.15) is 11.0 Å². The third-order valence-corrected chi connectivity index (χ3v) is 2.38. The van der Waals surface area contributed by atoms with Gasteiger partial charge in [0.15, 0.2) is 0 Å². The molecule has 1 aromatic rings. The molecule has 1 rings (SSSR count). The maximum atomic E-state index is 8.94. The van der Waals surface area contributed by atoms with Crippen molar-refractivity contribution >= 4 is 11.6 Å². The topological polar surface area (TPSA) is 49.2 Å². The lowest BCUT2D eigenvalue weighted by atomic mass is 10.3. The second-order valence-electron chi connectivity index (χ2n) is 3.75. The third-order valence-electron chi connectivity index (χ3n) is 2.19. The van der Waals surface area contributed by atoms with Crippen LogP contribution in [0.15, 0.2) is 6.07 Å². The molecule has 0 radical (unpaired) electrons. The highest BCUT2D eigenvalue weighted by atomic mass is 35.5. The van der Waals surface area contributed by atoms with Crippen molar-refractivity contribution in [3.8, 4) is 0 Å². The van der Waals surface area contributed by atoms with E-state index in [0.717, 1.165) is 18.7 Å². The van der Waals surface area contributed by atoms with Crippen molar-refractivity contribution in [1.29, 1.82) is 0 Å². The van der Waals surface area contributed by atoms with Crippen LogP contribution in [0.3, 0.4) is 0 Å². The van der Waals surface area contributed by atoms with Gasteiger partial charge in [-0.15, -0.1) is 0 Å². The van der Waals surface area contributed by atoms with Gasteiger partial charge in [-0.25, -0.2) is 9.97 Å². The van der Waals surface area contributed by atoms with E-state index in [0.29, 0.717) is 24.1 Å². The Bertz CT molecular complexity index is 307. The van der Waals surface area contributed by atoms with Gasteiger partial charge in [-0.05, 0) is 26.0 Å². The van der Waals surface area contributed by atoms with Crippen LogP contribution < -0.4 is 0 Å². The molecule has 16 heavy (non-hydrogen) atoms. The minimum absolute atomic E-state index is 0.152. The number of aliphatic hydroxyl groups excluding tert-OH is 1. The Balaban J connectivity index is 2.68. The van der Waals surface area contributed by atoms with E-state index >= 15 is 0 Å². The highest BCUT2D eigenvalue weighted by molar-refractivity contribution is 6.29. The van der Waals surface area contributed by atoms with Crippen LogP contribution in [-0.2, 0) is 6.54 Å². The summed E-state index contributed by atoms with van der Waals surface area (Å²) in [5, 5.41) is 9.42. The Hall–Kier alpha value is -0.710. The molecular weight excluding hydrogens is 226 g/mol. The number of rotatable bonds is 6. The molecule has 0 aliphatic rings.